The number of benzene rings is 1. The summed E-state index contributed by atoms with van der Waals surface area (Å²) in [4.78, 5) is 15.7. The van der Waals surface area contributed by atoms with E-state index in [9.17, 15) is 23.1 Å². The zero-order valence-electron chi connectivity index (χ0n) is 12.6. The lowest BCUT2D eigenvalue weighted by atomic mass is 10.0. The van der Waals surface area contributed by atoms with Gasteiger partial charge in [-0.3, -0.25) is 9.69 Å². The molecule has 23 heavy (non-hydrogen) atoms. The first-order valence-electron chi connectivity index (χ1n) is 7.70. The summed E-state index contributed by atoms with van der Waals surface area (Å²) >= 11 is 0. The average molecular weight is 328 g/mol. The van der Waals surface area contributed by atoms with Crippen molar-refractivity contribution < 1.29 is 23.1 Å². The molecule has 0 bridgehead atoms. The highest BCUT2D eigenvalue weighted by Crippen LogP contribution is 2.30. The van der Waals surface area contributed by atoms with Crippen LogP contribution in [0.3, 0.4) is 0 Å². The predicted molar refractivity (Wildman–Crippen MR) is 77.9 cm³/mol. The van der Waals surface area contributed by atoms with E-state index in [1.54, 1.807) is 0 Å². The molecule has 0 spiro atoms. The van der Waals surface area contributed by atoms with Crippen molar-refractivity contribution in [3.8, 4) is 0 Å². The third-order valence-corrected chi connectivity index (χ3v) is 4.62. The molecule has 0 saturated carbocycles. The molecule has 2 heterocycles. The van der Waals surface area contributed by atoms with Gasteiger partial charge in [0.25, 0.3) is 11.8 Å². The van der Waals surface area contributed by atoms with Crippen LogP contribution in [0.25, 0.3) is 0 Å². The average Bonchev–Trinajstić information content (AvgIpc) is 2.88. The van der Waals surface area contributed by atoms with Crippen molar-refractivity contribution in [3.05, 3.63) is 35.6 Å². The minimum atomic E-state index is -2.64. The SMILES string of the molecule is O=C(c1cccc(F)c1)N1C[C@@H](O)[C@H](N2CCC(F)(F)CC2)C1. The zero-order valence-corrected chi connectivity index (χ0v) is 12.6. The van der Waals surface area contributed by atoms with Crippen molar-refractivity contribution in [2.24, 2.45) is 0 Å². The highest BCUT2D eigenvalue weighted by atomic mass is 19.3. The topological polar surface area (TPSA) is 43.8 Å². The molecule has 0 unspecified atom stereocenters. The molecule has 2 aliphatic heterocycles. The van der Waals surface area contributed by atoms with Crippen LogP contribution in [-0.2, 0) is 0 Å². The molecule has 2 aliphatic rings. The Morgan fingerprint density at radius 1 is 1.22 bits per heavy atom. The summed E-state index contributed by atoms with van der Waals surface area (Å²) in [5.41, 5.74) is 0.225. The minimum Gasteiger partial charge on any atom is -0.390 e. The van der Waals surface area contributed by atoms with Gasteiger partial charge in [0.2, 0.25) is 0 Å². The minimum absolute atomic E-state index is 0.132. The van der Waals surface area contributed by atoms with Crippen molar-refractivity contribution in [1.82, 2.24) is 9.80 Å². The molecule has 0 radical (unpaired) electrons. The summed E-state index contributed by atoms with van der Waals surface area (Å²) in [5, 5.41) is 10.2. The lowest BCUT2D eigenvalue weighted by Gasteiger charge is -2.36. The number of halogens is 3. The monoisotopic (exact) mass is 328 g/mol. The van der Waals surface area contributed by atoms with Crippen LogP contribution in [0.15, 0.2) is 24.3 Å². The number of rotatable bonds is 2. The van der Waals surface area contributed by atoms with Crippen LogP contribution < -0.4 is 0 Å². The van der Waals surface area contributed by atoms with E-state index in [-0.39, 0.29) is 56.5 Å². The Balaban J connectivity index is 1.65. The normalized spacial score (nSPS) is 28.1. The van der Waals surface area contributed by atoms with Crippen LogP contribution in [0, 0.1) is 5.82 Å². The summed E-state index contributed by atoms with van der Waals surface area (Å²) in [6, 6.07) is 5.05. The number of nitrogens with zero attached hydrogens (tertiary/aromatic N) is 2. The van der Waals surface area contributed by atoms with E-state index in [1.807, 2.05) is 4.90 Å². The number of amides is 1. The van der Waals surface area contributed by atoms with E-state index >= 15 is 0 Å². The second kappa shape index (κ2) is 6.13. The molecule has 1 aromatic rings. The van der Waals surface area contributed by atoms with Gasteiger partial charge in [0.1, 0.15) is 5.82 Å². The molecule has 1 N–H and O–H groups in total. The van der Waals surface area contributed by atoms with Crippen LogP contribution in [0.2, 0.25) is 0 Å². The van der Waals surface area contributed by atoms with Crippen molar-refractivity contribution >= 4 is 5.91 Å². The fourth-order valence-electron chi connectivity index (χ4n) is 3.28. The van der Waals surface area contributed by atoms with Gasteiger partial charge in [-0.25, -0.2) is 13.2 Å². The van der Waals surface area contributed by atoms with E-state index in [0.717, 1.165) is 6.07 Å². The Morgan fingerprint density at radius 2 is 1.91 bits per heavy atom. The Hall–Kier alpha value is -1.60. The zero-order chi connectivity index (χ0) is 16.6. The van der Waals surface area contributed by atoms with Gasteiger partial charge in [-0.2, -0.15) is 0 Å². The van der Waals surface area contributed by atoms with Crippen molar-refractivity contribution in [2.75, 3.05) is 26.2 Å². The number of carbonyl (C=O) groups is 1. The molecular weight excluding hydrogens is 309 g/mol. The summed E-state index contributed by atoms with van der Waals surface area (Å²) in [7, 11) is 0. The molecule has 126 valence electrons. The van der Waals surface area contributed by atoms with Crippen molar-refractivity contribution in [3.63, 3.8) is 0 Å². The molecular formula is C16H19F3N2O2. The third-order valence-electron chi connectivity index (χ3n) is 4.62. The molecule has 3 rings (SSSR count). The van der Waals surface area contributed by atoms with Gasteiger partial charge >= 0.3 is 0 Å². The first-order valence-corrected chi connectivity index (χ1v) is 7.70. The molecule has 2 atom stereocenters. The molecule has 0 aromatic heterocycles. The Bertz CT molecular complexity index is 586. The van der Waals surface area contributed by atoms with Gasteiger partial charge in [-0.15, -0.1) is 0 Å². The van der Waals surface area contributed by atoms with Gasteiger partial charge in [-0.05, 0) is 18.2 Å². The Morgan fingerprint density at radius 3 is 2.57 bits per heavy atom. The largest absolute Gasteiger partial charge is 0.390 e. The van der Waals surface area contributed by atoms with Gasteiger partial charge in [0.05, 0.1) is 12.1 Å². The molecule has 1 amide bonds. The van der Waals surface area contributed by atoms with Crippen LogP contribution in [0.5, 0.6) is 0 Å². The van der Waals surface area contributed by atoms with E-state index in [2.05, 4.69) is 0 Å². The quantitative estimate of drug-likeness (QED) is 0.899. The first-order chi connectivity index (χ1) is 10.9. The van der Waals surface area contributed by atoms with Crippen LogP contribution in [-0.4, -0.2) is 65.1 Å². The third kappa shape index (κ3) is 3.50. The number of hydrogen-bond donors (Lipinski definition) is 1. The summed E-state index contributed by atoms with van der Waals surface area (Å²) in [5.74, 6) is -3.49. The second-order valence-corrected chi connectivity index (χ2v) is 6.25. The highest BCUT2D eigenvalue weighted by Gasteiger charge is 2.42. The molecule has 0 aliphatic carbocycles. The number of likely N-dealkylation sites (tertiary alicyclic amines) is 2. The van der Waals surface area contributed by atoms with E-state index in [4.69, 9.17) is 0 Å². The second-order valence-electron chi connectivity index (χ2n) is 6.25. The predicted octanol–water partition coefficient (Wildman–Crippen LogP) is 1.74. The van der Waals surface area contributed by atoms with Crippen molar-refractivity contribution in [2.45, 2.75) is 30.9 Å². The Labute approximate surface area is 132 Å². The van der Waals surface area contributed by atoms with E-state index < -0.39 is 17.8 Å². The van der Waals surface area contributed by atoms with Gasteiger partial charge in [0, 0.05) is 44.6 Å². The maximum absolute atomic E-state index is 13.2. The van der Waals surface area contributed by atoms with Crippen LogP contribution in [0.4, 0.5) is 13.2 Å². The summed E-state index contributed by atoms with van der Waals surface area (Å²) < 4.78 is 39.7. The molecule has 2 fully saturated rings. The maximum atomic E-state index is 13.2. The number of piperidine rings is 1. The summed E-state index contributed by atoms with van der Waals surface area (Å²) in [6.07, 6.45) is -1.23. The molecule has 1 aromatic carbocycles. The number of β-amino-alcohol motifs (C(OH)–C–C–N with tert-alkyl or cyclic N) is 1. The van der Waals surface area contributed by atoms with Gasteiger partial charge in [0.15, 0.2) is 0 Å². The number of alkyl halides is 2. The molecule has 2 saturated heterocycles. The number of aliphatic hydroxyl groups excluding tert-OH is 1. The smallest absolute Gasteiger partial charge is 0.254 e. The molecule has 4 nitrogen and oxygen atoms in total. The standard InChI is InChI=1S/C16H19F3N2O2/c17-12-3-1-2-11(8-12)15(23)21-9-13(14(22)10-21)20-6-4-16(18,19)5-7-20/h1-3,8,13-14,22H,4-7,9-10H2/t13-,14-/m1/s1. The fourth-order valence-corrected chi connectivity index (χ4v) is 3.28. The number of hydrogen-bond acceptors (Lipinski definition) is 3. The fraction of sp³-hybridized carbons (Fsp3) is 0.562. The maximum Gasteiger partial charge on any atom is 0.254 e. The van der Waals surface area contributed by atoms with Gasteiger partial charge < -0.3 is 10.0 Å². The highest BCUT2D eigenvalue weighted by molar-refractivity contribution is 5.94. The molecule has 7 heteroatoms. The van der Waals surface area contributed by atoms with Gasteiger partial charge in [-0.1, -0.05) is 6.07 Å². The van der Waals surface area contributed by atoms with Crippen LogP contribution in [0.1, 0.15) is 23.2 Å². The lowest BCUT2D eigenvalue weighted by Crippen LogP contribution is -2.49. The Kier molecular flexibility index (Phi) is 4.33. The number of carbonyl (C=O) groups excluding carboxylic acids is 1. The number of aliphatic hydroxyl groups is 1. The van der Waals surface area contributed by atoms with Crippen LogP contribution >= 0.6 is 0 Å². The summed E-state index contributed by atoms with van der Waals surface area (Å²) in [6.45, 7) is 0.808. The van der Waals surface area contributed by atoms with Crippen molar-refractivity contribution in [1.29, 1.82) is 0 Å². The lowest BCUT2D eigenvalue weighted by molar-refractivity contribution is -0.0697. The van der Waals surface area contributed by atoms with E-state index in [0.29, 0.717) is 0 Å². The first kappa shape index (κ1) is 16.3. The van der Waals surface area contributed by atoms with E-state index in [1.165, 1.54) is 23.1 Å².